The number of halogens is 3. The molecule has 2 aromatic rings. The molecule has 0 spiro atoms. The van der Waals surface area contributed by atoms with Gasteiger partial charge in [-0.1, -0.05) is 6.07 Å². The predicted octanol–water partition coefficient (Wildman–Crippen LogP) is 3.06. The Kier molecular flexibility index (Phi) is 3.98. The lowest BCUT2D eigenvalue weighted by Gasteiger charge is -2.16. The number of hydrogen-bond donors (Lipinski definition) is 1. The summed E-state index contributed by atoms with van der Waals surface area (Å²) in [5.74, 6) is -3.77. The lowest BCUT2D eigenvalue weighted by Crippen LogP contribution is -2.20. The van der Waals surface area contributed by atoms with E-state index in [1.807, 2.05) is 5.38 Å². The van der Waals surface area contributed by atoms with E-state index in [4.69, 9.17) is 0 Å². The van der Waals surface area contributed by atoms with Crippen LogP contribution >= 0.6 is 11.3 Å². The van der Waals surface area contributed by atoms with Crippen LogP contribution in [0.3, 0.4) is 0 Å². The Labute approximate surface area is 106 Å². The Hall–Kier alpha value is -1.40. The van der Waals surface area contributed by atoms with Crippen molar-refractivity contribution in [2.45, 2.75) is 12.5 Å². The van der Waals surface area contributed by atoms with Crippen molar-refractivity contribution in [3.63, 3.8) is 0 Å². The third-order valence-corrected chi connectivity index (χ3v) is 3.45. The molecule has 2 nitrogen and oxygen atoms in total. The summed E-state index contributed by atoms with van der Waals surface area (Å²) in [5.41, 5.74) is 0.103. The average Bonchev–Trinajstić information content (AvgIpc) is 2.87. The molecule has 0 aliphatic carbocycles. The second-order valence-corrected chi connectivity index (χ2v) is 4.71. The normalized spacial score (nSPS) is 12.7. The van der Waals surface area contributed by atoms with Crippen LogP contribution in [0, 0.1) is 17.5 Å². The van der Waals surface area contributed by atoms with E-state index in [9.17, 15) is 13.2 Å². The molecule has 1 heterocycles. The van der Waals surface area contributed by atoms with E-state index in [0.717, 1.165) is 11.1 Å². The van der Waals surface area contributed by atoms with Gasteiger partial charge in [-0.25, -0.2) is 18.2 Å². The zero-order valence-electron chi connectivity index (χ0n) is 9.58. The largest absolute Gasteiger partial charge is 0.313 e. The summed E-state index contributed by atoms with van der Waals surface area (Å²) < 4.78 is 39.7. The zero-order valence-corrected chi connectivity index (χ0v) is 10.4. The minimum atomic E-state index is -1.44. The highest BCUT2D eigenvalue weighted by Crippen LogP contribution is 2.24. The monoisotopic (exact) mass is 272 g/mol. The second-order valence-electron chi connectivity index (χ2n) is 3.74. The summed E-state index contributed by atoms with van der Waals surface area (Å²) in [6.07, 6.45) is 2.07. The van der Waals surface area contributed by atoms with Gasteiger partial charge in [0.15, 0.2) is 17.5 Å². The molecule has 0 saturated carbocycles. The molecule has 1 aromatic heterocycles. The first-order chi connectivity index (χ1) is 8.63. The van der Waals surface area contributed by atoms with Crippen molar-refractivity contribution in [3.8, 4) is 0 Å². The standard InChI is InChI=1S/C12H11F3N2S/c1-16-9(6-10-17-4-5-18-10)7-2-3-8(13)12(15)11(7)14/h2-5,9,16H,6H2,1H3. The van der Waals surface area contributed by atoms with E-state index in [-0.39, 0.29) is 5.56 Å². The molecule has 0 saturated heterocycles. The molecule has 0 bridgehead atoms. The smallest absolute Gasteiger partial charge is 0.194 e. The highest BCUT2D eigenvalue weighted by molar-refractivity contribution is 7.09. The van der Waals surface area contributed by atoms with Gasteiger partial charge in [0, 0.05) is 29.6 Å². The lowest BCUT2D eigenvalue weighted by molar-refractivity contribution is 0.428. The van der Waals surface area contributed by atoms with Crippen molar-refractivity contribution in [1.29, 1.82) is 0 Å². The minimum Gasteiger partial charge on any atom is -0.313 e. The molecule has 0 aliphatic heterocycles. The van der Waals surface area contributed by atoms with E-state index < -0.39 is 23.5 Å². The molecular formula is C12H11F3N2S. The van der Waals surface area contributed by atoms with Crippen LogP contribution in [0.4, 0.5) is 13.2 Å². The summed E-state index contributed by atoms with van der Waals surface area (Å²) >= 11 is 1.43. The quantitative estimate of drug-likeness (QED) is 0.865. The van der Waals surface area contributed by atoms with Crippen LogP contribution in [0.1, 0.15) is 16.6 Å². The van der Waals surface area contributed by atoms with Crippen LogP contribution in [-0.4, -0.2) is 12.0 Å². The average molecular weight is 272 g/mol. The maximum Gasteiger partial charge on any atom is 0.194 e. The topological polar surface area (TPSA) is 24.9 Å². The number of hydrogen-bond acceptors (Lipinski definition) is 3. The summed E-state index contributed by atoms with van der Waals surface area (Å²) in [7, 11) is 1.64. The van der Waals surface area contributed by atoms with E-state index in [2.05, 4.69) is 10.3 Å². The van der Waals surface area contributed by atoms with Gasteiger partial charge in [0.1, 0.15) is 0 Å². The molecule has 0 amide bonds. The van der Waals surface area contributed by atoms with Crippen molar-refractivity contribution >= 4 is 11.3 Å². The maximum atomic E-state index is 13.7. The Morgan fingerprint density at radius 2 is 2.06 bits per heavy atom. The molecule has 1 unspecified atom stereocenters. The lowest BCUT2D eigenvalue weighted by atomic mass is 10.0. The highest BCUT2D eigenvalue weighted by atomic mass is 32.1. The molecule has 1 atom stereocenters. The number of aromatic nitrogens is 1. The molecule has 6 heteroatoms. The van der Waals surface area contributed by atoms with Crippen LogP contribution < -0.4 is 5.32 Å². The molecule has 2 rings (SSSR count). The number of nitrogens with one attached hydrogen (secondary N) is 1. The fourth-order valence-corrected chi connectivity index (χ4v) is 2.37. The van der Waals surface area contributed by atoms with Gasteiger partial charge in [-0.2, -0.15) is 0 Å². The van der Waals surface area contributed by atoms with E-state index in [1.54, 1.807) is 13.2 Å². The first kappa shape index (κ1) is 13.0. The van der Waals surface area contributed by atoms with Crippen LogP contribution in [0.15, 0.2) is 23.7 Å². The predicted molar refractivity (Wildman–Crippen MR) is 63.9 cm³/mol. The minimum absolute atomic E-state index is 0.103. The fourth-order valence-electron chi connectivity index (χ4n) is 1.71. The van der Waals surface area contributed by atoms with E-state index in [0.29, 0.717) is 6.42 Å². The Morgan fingerprint density at radius 1 is 1.28 bits per heavy atom. The van der Waals surface area contributed by atoms with Gasteiger partial charge in [-0.05, 0) is 13.1 Å². The maximum absolute atomic E-state index is 13.7. The van der Waals surface area contributed by atoms with Crippen molar-refractivity contribution in [3.05, 3.63) is 51.7 Å². The molecule has 0 fully saturated rings. The number of benzene rings is 1. The van der Waals surface area contributed by atoms with Crippen molar-refractivity contribution in [2.75, 3.05) is 7.05 Å². The van der Waals surface area contributed by atoms with E-state index >= 15 is 0 Å². The Bertz CT molecular complexity index is 528. The third kappa shape index (κ3) is 2.54. The van der Waals surface area contributed by atoms with Crippen molar-refractivity contribution < 1.29 is 13.2 Å². The summed E-state index contributed by atoms with van der Waals surface area (Å²) in [5, 5.41) is 5.50. The van der Waals surface area contributed by atoms with Crippen LogP contribution in [0.25, 0.3) is 0 Å². The van der Waals surface area contributed by atoms with Crippen molar-refractivity contribution in [2.24, 2.45) is 0 Å². The molecule has 0 radical (unpaired) electrons. The second kappa shape index (κ2) is 5.49. The van der Waals surface area contributed by atoms with Crippen molar-refractivity contribution in [1.82, 2.24) is 10.3 Å². The van der Waals surface area contributed by atoms with Gasteiger partial charge in [0.25, 0.3) is 0 Å². The number of rotatable bonds is 4. The Balaban J connectivity index is 2.30. The van der Waals surface area contributed by atoms with Crippen LogP contribution in [0.5, 0.6) is 0 Å². The molecule has 18 heavy (non-hydrogen) atoms. The van der Waals surface area contributed by atoms with Crippen LogP contribution in [0.2, 0.25) is 0 Å². The third-order valence-electron chi connectivity index (χ3n) is 2.65. The number of thiazole rings is 1. The number of likely N-dealkylation sites (N-methyl/N-ethyl adjacent to an activating group) is 1. The molecule has 1 aromatic carbocycles. The summed E-state index contributed by atoms with van der Waals surface area (Å²) in [6, 6.07) is 1.74. The highest BCUT2D eigenvalue weighted by Gasteiger charge is 2.20. The number of nitrogens with zero attached hydrogens (tertiary/aromatic N) is 1. The summed E-state index contributed by atoms with van der Waals surface area (Å²) in [4.78, 5) is 4.09. The van der Waals surface area contributed by atoms with Crippen LogP contribution in [-0.2, 0) is 6.42 Å². The Morgan fingerprint density at radius 3 is 2.67 bits per heavy atom. The van der Waals surface area contributed by atoms with Gasteiger partial charge in [-0.15, -0.1) is 11.3 Å². The fraction of sp³-hybridized carbons (Fsp3) is 0.250. The van der Waals surface area contributed by atoms with Gasteiger partial charge >= 0.3 is 0 Å². The molecule has 0 aliphatic rings. The van der Waals surface area contributed by atoms with Gasteiger partial charge in [-0.3, -0.25) is 0 Å². The first-order valence-electron chi connectivity index (χ1n) is 5.32. The SMILES string of the molecule is CNC(Cc1nccs1)c1ccc(F)c(F)c1F. The molecule has 1 N–H and O–H groups in total. The van der Waals surface area contributed by atoms with Gasteiger partial charge in [0.05, 0.1) is 5.01 Å². The van der Waals surface area contributed by atoms with Gasteiger partial charge < -0.3 is 5.32 Å². The zero-order chi connectivity index (χ0) is 13.1. The van der Waals surface area contributed by atoms with Gasteiger partial charge in [0.2, 0.25) is 0 Å². The molecular weight excluding hydrogens is 261 g/mol. The molecule has 96 valence electrons. The summed E-state index contributed by atoms with van der Waals surface area (Å²) in [6.45, 7) is 0. The first-order valence-corrected chi connectivity index (χ1v) is 6.20. The van der Waals surface area contributed by atoms with E-state index in [1.165, 1.54) is 17.4 Å².